The SMILES string of the molecule is CCOC(=O)[C@H](NC=O)[C@H](OC(=O)CC1c2ccccc2-c2ccccc21)c1ccccc1. The van der Waals surface area contributed by atoms with E-state index in [2.05, 4.69) is 17.4 Å². The van der Waals surface area contributed by atoms with Crippen molar-refractivity contribution in [3.8, 4) is 11.1 Å². The molecule has 1 aliphatic rings. The maximum Gasteiger partial charge on any atom is 0.332 e. The molecule has 0 saturated carbocycles. The van der Waals surface area contributed by atoms with Gasteiger partial charge in [-0.25, -0.2) is 4.79 Å². The van der Waals surface area contributed by atoms with Gasteiger partial charge < -0.3 is 14.8 Å². The quantitative estimate of drug-likeness (QED) is 0.397. The molecule has 168 valence electrons. The van der Waals surface area contributed by atoms with Gasteiger partial charge in [0.05, 0.1) is 13.0 Å². The van der Waals surface area contributed by atoms with Gasteiger partial charge in [-0.15, -0.1) is 0 Å². The molecule has 2 atom stereocenters. The van der Waals surface area contributed by atoms with E-state index in [4.69, 9.17) is 9.47 Å². The van der Waals surface area contributed by atoms with Gasteiger partial charge in [0.25, 0.3) is 0 Å². The number of esters is 2. The van der Waals surface area contributed by atoms with Crippen molar-refractivity contribution < 1.29 is 23.9 Å². The van der Waals surface area contributed by atoms with Crippen molar-refractivity contribution in [1.82, 2.24) is 5.32 Å². The Labute approximate surface area is 192 Å². The number of fused-ring (bicyclic) bond motifs is 3. The first kappa shape index (κ1) is 22.3. The van der Waals surface area contributed by atoms with Crippen molar-refractivity contribution >= 4 is 18.3 Å². The topological polar surface area (TPSA) is 81.7 Å². The standard InChI is InChI=1S/C27H25NO5/c1-2-32-27(31)25(28-17-29)26(18-10-4-3-5-11-18)33-24(30)16-23-21-14-8-6-12-19(21)20-13-7-9-15-22(20)23/h3-15,17,23,25-26H,2,16H2,1H3,(H,28,29)/t25-,26-/m1/s1. The zero-order chi connectivity index (χ0) is 23.2. The van der Waals surface area contributed by atoms with Gasteiger partial charge in [-0.2, -0.15) is 0 Å². The fourth-order valence-electron chi connectivity index (χ4n) is 4.39. The lowest BCUT2D eigenvalue weighted by Crippen LogP contribution is -2.44. The molecular weight excluding hydrogens is 418 g/mol. The van der Waals surface area contributed by atoms with Crippen LogP contribution >= 0.6 is 0 Å². The molecule has 0 unspecified atom stereocenters. The average Bonchev–Trinajstić information content (AvgIpc) is 3.16. The van der Waals surface area contributed by atoms with Gasteiger partial charge in [0.2, 0.25) is 6.41 Å². The van der Waals surface area contributed by atoms with Crippen LogP contribution in [0.15, 0.2) is 78.9 Å². The minimum atomic E-state index is -1.16. The van der Waals surface area contributed by atoms with E-state index >= 15 is 0 Å². The Bertz CT molecular complexity index is 1100. The number of carbonyl (C=O) groups excluding carboxylic acids is 3. The second-order valence-corrected chi connectivity index (χ2v) is 7.77. The Hall–Kier alpha value is -3.93. The van der Waals surface area contributed by atoms with E-state index in [1.165, 1.54) is 0 Å². The van der Waals surface area contributed by atoms with Crippen molar-refractivity contribution in [2.24, 2.45) is 0 Å². The molecule has 1 N–H and O–H groups in total. The van der Waals surface area contributed by atoms with Crippen LogP contribution in [0.25, 0.3) is 11.1 Å². The number of carbonyl (C=O) groups is 3. The molecule has 4 rings (SSSR count). The molecule has 0 aromatic heterocycles. The summed E-state index contributed by atoms with van der Waals surface area (Å²) in [5, 5.41) is 2.46. The maximum atomic E-state index is 13.2. The predicted octanol–water partition coefficient (Wildman–Crippen LogP) is 4.15. The normalized spacial score (nSPS) is 13.8. The molecule has 1 aliphatic carbocycles. The van der Waals surface area contributed by atoms with Gasteiger partial charge in [0.1, 0.15) is 0 Å². The van der Waals surface area contributed by atoms with E-state index in [0.717, 1.165) is 22.3 Å². The largest absolute Gasteiger partial charge is 0.464 e. The Balaban J connectivity index is 1.61. The summed E-state index contributed by atoms with van der Waals surface area (Å²) in [6.07, 6.45) is -0.502. The molecular formula is C27H25NO5. The molecule has 0 fully saturated rings. The fraction of sp³-hybridized carbons (Fsp3) is 0.222. The molecule has 0 saturated heterocycles. The second-order valence-electron chi connectivity index (χ2n) is 7.77. The van der Waals surface area contributed by atoms with Crippen LogP contribution in [0.4, 0.5) is 0 Å². The van der Waals surface area contributed by atoms with Crippen molar-refractivity contribution in [3.63, 3.8) is 0 Å². The summed E-state index contributed by atoms with van der Waals surface area (Å²) in [5.74, 6) is -1.29. The van der Waals surface area contributed by atoms with Crippen LogP contribution in [-0.4, -0.2) is 31.0 Å². The van der Waals surface area contributed by atoms with E-state index < -0.39 is 24.1 Å². The molecule has 0 heterocycles. The predicted molar refractivity (Wildman–Crippen MR) is 123 cm³/mol. The van der Waals surface area contributed by atoms with E-state index in [0.29, 0.717) is 12.0 Å². The molecule has 1 amide bonds. The van der Waals surface area contributed by atoms with E-state index in [1.807, 2.05) is 42.5 Å². The van der Waals surface area contributed by atoms with Crippen molar-refractivity contribution in [3.05, 3.63) is 95.6 Å². The molecule has 3 aromatic carbocycles. The molecule has 0 aliphatic heterocycles. The van der Waals surface area contributed by atoms with Gasteiger partial charge in [-0.05, 0) is 34.7 Å². The van der Waals surface area contributed by atoms with Crippen molar-refractivity contribution in [2.75, 3.05) is 6.61 Å². The van der Waals surface area contributed by atoms with Crippen LogP contribution in [0, 0.1) is 0 Å². The third-order valence-corrected chi connectivity index (χ3v) is 5.81. The fourth-order valence-corrected chi connectivity index (χ4v) is 4.39. The summed E-state index contributed by atoms with van der Waals surface area (Å²) in [6.45, 7) is 1.81. The third kappa shape index (κ3) is 4.65. The van der Waals surface area contributed by atoms with Crippen LogP contribution in [0.2, 0.25) is 0 Å². The van der Waals surface area contributed by atoms with E-state index in [9.17, 15) is 14.4 Å². The highest BCUT2D eigenvalue weighted by Gasteiger charge is 2.36. The van der Waals surface area contributed by atoms with Crippen LogP contribution in [0.1, 0.15) is 42.1 Å². The summed E-state index contributed by atoms with van der Waals surface area (Å²) in [4.78, 5) is 37.0. The lowest BCUT2D eigenvalue weighted by Gasteiger charge is -2.26. The molecule has 0 radical (unpaired) electrons. The summed E-state index contributed by atoms with van der Waals surface area (Å²) in [7, 11) is 0. The highest BCUT2D eigenvalue weighted by molar-refractivity contribution is 5.83. The Morgan fingerprint density at radius 2 is 1.48 bits per heavy atom. The summed E-state index contributed by atoms with van der Waals surface area (Å²) < 4.78 is 11.0. The van der Waals surface area contributed by atoms with Crippen LogP contribution < -0.4 is 5.32 Å². The van der Waals surface area contributed by atoms with E-state index in [1.54, 1.807) is 31.2 Å². The molecule has 6 heteroatoms. The summed E-state index contributed by atoms with van der Waals surface area (Å²) >= 11 is 0. The number of amides is 1. The Morgan fingerprint density at radius 3 is 2.06 bits per heavy atom. The highest BCUT2D eigenvalue weighted by atomic mass is 16.6. The number of nitrogens with one attached hydrogen (secondary N) is 1. The smallest absolute Gasteiger partial charge is 0.332 e. The van der Waals surface area contributed by atoms with Gasteiger partial charge in [0.15, 0.2) is 12.1 Å². The third-order valence-electron chi connectivity index (χ3n) is 5.81. The summed E-state index contributed by atoms with van der Waals surface area (Å²) in [6, 6.07) is 23.8. The first-order valence-electron chi connectivity index (χ1n) is 10.9. The number of hydrogen-bond acceptors (Lipinski definition) is 5. The average molecular weight is 443 g/mol. The number of ether oxygens (including phenoxy) is 2. The maximum absolute atomic E-state index is 13.2. The Kier molecular flexibility index (Phi) is 6.83. The first-order chi connectivity index (χ1) is 16.1. The second kappa shape index (κ2) is 10.1. The van der Waals surface area contributed by atoms with Crippen LogP contribution in [-0.2, 0) is 23.9 Å². The molecule has 33 heavy (non-hydrogen) atoms. The van der Waals surface area contributed by atoms with Gasteiger partial charge in [-0.1, -0.05) is 78.9 Å². The minimum Gasteiger partial charge on any atom is -0.464 e. The lowest BCUT2D eigenvalue weighted by molar-refractivity contribution is -0.159. The van der Waals surface area contributed by atoms with Crippen molar-refractivity contribution in [2.45, 2.75) is 31.4 Å². The number of rotatable bonds is 9. The molecule has 0 spiro atoms. The lowest BCUT2D eigenvalue weighted by atomic mass is 9.93. The zero-order valence-electron chi connectivity index (χ0n) is 18.3. The van der Waals surface area contributed by atoms with Gasteiger partial charge in [0, 0.05) is 5.92 Å². The Morgan fingerprint density at radius 1 is 0.909 bits per heavy atom. The van der Waals surface area contributed by atoms with Crippen LogP contribution in [0.3, 0.4) is 0 Å². The van der Waals surface area contributed by atoms with Crippen LogP contribution in [0.5, 0.6) is 0 Å². The van der Waals surface area contributed by atoms with Gasteiger partial charge in [-0.3, -0.25) is 9.59 Å². The molecule has 3 aromatic rings. The summed E-state index contributed by atoms with van der Waals surface area (Å²) in [5.41, 5.74) is 4.94. The highest BCUT2D eigenvalue weighted by Crippen LogP contribution is 2.46. The first-order valence-corrected chi connectivity index (χ1v) is 10.9. The van der Waals surface area contributed by atoms with E-state index in [-0.39, 0.29) is 18.9 Å². The number of benzene rings is 3. The van der Waals surface area contributed by atoms with Gasteiger partial charge >= 0.3 is 11.9 Å². The monoisotopic (exact) mass is 443 g/mol. The minimum absolute atomic E-state index is 0.105. The number of hydrogen-bond donors (Lipinski definition) is 1. The van der Waals surface area contributed by atoms with Crippen molar-refractivity contribution in [1.29, 1.82) is 0 Å². The molecule has 6 nitrogen and oxygen atoms in total. The zero-order valence-corrected chi connectivity index (χ0v) is 18.3. The molecule has 0 bridgehead atoms.